The number of benzene rings is 1. The van der Waals surface area contributed by atoms with Gasteiger partial charge in [0, 0.05) is 6.61 Å². The maximum absolute atomic E-state index is 10.9. The highest BCUT2D eigenvalue weighted by Gasteiger charge is 2.28. The van der Waals surface area contributed by atoms with Gasteiger partial charge in [-0.3, -0.25) is 0 Å². The maximum Gasteiger partial charge on any atom is 0.132 e. The highest BCUT2D eigenvalue weighted by molar-refractivity contribution is 5.62. The molecule has 2 atom stereocenters. The van der Waals surface area contributed by atoms with Gasteiger partial charge in [-0.1, -0.05) is 36.4 Å². The number of aliphatic hydroxyl groups excluding tert-OH is 1. The Hall–Kier alpha value is -1.45. The molecule has 1 rings (SSSR count). The predicted octanol–water partition coefficient (Wildman–Crippen LogP) is 2.35. The largest absolute Gasteiger partial charge is 0.392 e. The van der Waals surface area contributed by atoms with Gasteiger partial charge in [0.1, 0.15) is 6.29 Å². The second-order valence-electron chi connectivity index (χ2n) is 4.53. The molecule has 0 bridgehead atoms. The summed E-state index contributed by atoms with van der Waals surface area (Å²) in [5.41, 5.74) is 0.199. The molecule has 0 aliphatic rings. The van der Waals surface area contributed by atoms with Gasteiger partial charge in [0.15, 0.2) is 0 Å². The maximum atomic E-state index is 10.9. The van der Waals surface area contributed by atoms with Crippen molar-refractivity contribution in [2.24, 2.45) is 5.41 Å². The van der Waals surface area contributed by atoms with Crippen molar-refractivity contribution >= 4 is 6.29 Å². The molecule has 0 spiro atoms. The number of carbonyl (C=O) groups is 1. The Balaban J connectivity index is 2.30. The molecule has 0 radical (unpaired) electrons. The number of aliphatic hydroxyl groups is 1. The van der Waals surface area contributed by atoms with E-state index >= 15 is 0 Å². The smallest absolute Gasteiger partial charge is 0.132 e. The molecule has 0 aliphatic heterocycles. The van der Waals surface area contributed by atoms with Crippen molar-refractivity contribution < 1.29 is 14.6 Å². The van der Waals surface area contributed by atoms with Gasteiger partial charge in [-0.25, -0.2) is 0 Å². The molecule has 18 heavy (non-hydrogen) atoms. The summed E-state index contributed by atoms with van der Waals surface area (Å²) < 4.78 is 5.46. The van der Waals surface area contributed by atoms with Gasteiger partial charge in [-0.15, -0.1) is 6.58 Å². The lowest BCUT2D eigenvalue weighted by molar-refractivity contribution is -0.118. The zero-order valence-electron chi connectivity index (χ0n) is 10.7. The Morgan fingerprint density at radius 1 is 1.44 bits per heavy atom. The normalized spacial score (nSPS) is 15.7. The molecule has 3 heteroatoms. The molecule has 0 amide bonds. The first-order valence-electron chi connectivity index (χ1n) is 6.02. The highest BCUT2D eigenvalue weighted by atomic mass is 16.5. The molecule has 0 aliphatic carbocycles. The summed E-state index contributed by atoms with van der Waals surface area (Å²) in [6.07, 6.45) is 1.85. The van der Waals surface area contributed by atoms with Crippen molar-refractivity contribution in [1.29, 1.82) is 0 Å². The lowest BCUT2D eigenvalue weighted by Gasteiger charge is -2.25. The van der Waals surface area contributed by atoms with Gasteiger partial charge in [-0.05, 0) is 18.9 Å². The summed E-state index contributed by atoms with van der Waals surface area (Å²) >= 11 is 0. The van der Waals surface area contributed by atoms with Crippen molar-refractivity contribution in [3.05, 3.63) is 48.6 Å². The SMILES string of the molecule is C=C[C@](C)(C=O)[C@@H](O)CCOCc1ccccc1. The van der Waals surface area contributed by atoms with Crippen LogP contribution in [0.2, 0.25) is 0 Å². The summed E-state index contributed by atoms with van der Waals surface area (Å²) in [6, 6.07) is 9.82. The van der Waals surface area contributed by atoms with E-state index in [-0.39, 0.29) is 0 Å². The van der Waals surface area contributed by atoms with Crippen LogP contribution in [0, 0.1) is 5.41 Å². The van der Waals surface area contributed by atoms with Gasteiger partial charge in [0.25, 0.3) is 0 Å². The number of aldehydes is 1. The Kier molecular flexibility index (Phi) is 5.75. The average molecular weight is 248 g/mol. The van der Waals surface area contributed by atoms with Crippen LogP contribution >= 0.6 is 0 Å². The molecule has 0 aromatic heterocycles. The van der Waals surface area contributed by atoms with Crippen LogP contribution in [-0.2, 0) is 16.1 Å². The van der Waals surface area contributed by atoms with Crippen LogP contribution in [0.1, 0.15) is 18.9 Å². The molecule has 98 valence electrons. The van der Waals surface area contributed by atoms with Gasteiger partial charge >= 0.3 is 0 Å². The molecular weight excluding hydrogens is 228 g/mol. The molecule has 1 aromatic rings. The van der Waals surface area contributed by atoms with Crippen LogP contribution < -0.4 is 0 Å². The third-order valence-electron chi connectivity index (χ3n) is 3.06. The van der Waals surface area contributed by atoms with Crippen LogP contribution in [0.25, 0.3) is 0 Å². The lowest BCUT2D eigenvalue weighted by atomic mass is 9.84. The standard InChI is InChI=1S/C15H20O3/c1-3-15(2,12-16)14(17)9-10-18-11-13-7-5-4-6-8-13/h3-8,12,14,17H,1,9-11H2,2H3/t14-,15+/m0/s1. The number of rotatable bonds is 8. The van der Waals surface area contributed by atoms with Crippen LogP contribution in [0.4, 0.5) is 0 Å². The first-order chi connectivity index (χ1) is 8.62. The zero-order chi connectivity index (χ0) is 13.4. The van der Waals surface area contributed by atoms with E-state index < -0.39 is 11.5 Å². The van der Waals surface area contributed by atoms with E-state index in [2.05, 4.69) is 6.58 Å². The second-order valence-corrected chi connectivity index (χ2v) is 4.53. The van der Waals surface area contributed by atoms with Crippen LogP contribution in [0.3, 0.4) is 0 Å². The predicted molar refractivity (Wildman–Crippen MR) is 71.1 cm³/mol. The Morgan fingerprint density at radius 3 is 2.67 bits per heavy atom. The van der Waals surface area contributed by atoms with Crippen molar-refractivity contribution in [2.75, 3.05) is 6.61 Å². The second kappa shape index (κ2) is 7.09. The molecule has 0 fully saturated rings. The first-order valence-corrected chi connectivity index (χ1v) is 6.02. The minimum atomic E-state index is -0.893. The van der Waals surface area contributed by atoms with Crippen LogP contribution in [0.15, 0.2) is 43.0 Å². The van der Waals surface area contributed by atoms with E-state index in [4.69, 9.17) is 4.74 Å². The fourth-order valence-corrected chi connectivity index (χ4v) is 1.53. The number of carbonyl (C=O) groups excluding carboxylic acids is 1. The first kappa shape index (κ1) is 14.6. The third kappa shape index (κ3) is 4.09. The number of hydrogen-bond acceptors (Lipinski definition) is 3. The van der Waals surface area contributed by atoms with E-state index in [9.17, 15) is 9.90 Å². The minimum absolute atomic E-state index is 0.410. The molecule has 1 N–H and O–H groups in total. The van der Waals surface area contributed by atoms with E-state index in [0.29, 0.717) is 19.6 Å². The van der Waals surface area contributed by atoms with Gasteiger partial charge in [0.05, 0.1) is 18.1 Å². The monoisotopic (exact) mass is 248 g/mol. The fourth-order valence-electron chi connectivity index (χ4n) is 1.53. The summed E-state index contributed by atoms with van der Waals surface area (Å²) in [5.74, 6) is 0. The fraction of sp³-hybridized carbons (Fsp3) is 0.400. The molecular formula is C15H20O3. The van der Waals surface area contributed by atoms with Crippen molar-refractivity contribution in [3.8, 4) is 0 Å². The van der Waals surface area contributed by atoms with E-state index in [1.807, 2.05) is 30.3 Å². The van der Waals surface area contributed by atoms with Gasteiger partial charge in [0.2, 0.25) is 0 Å². The van der Waals surface area contributed by atoms with Gasteiger partial charge < -0.3 is 14.6 Å². The molecule has 1 aromatic carbocycles. The molecule has 0 unspecified atom stereocenters. The van der Waals surface area contributed by atoms with E-state index in [0.717, 1.165) is 11.8 Å². The lowest BCUT2D eigenvalue weighted by Crippen LogP contribution is -2.32. The van der Waals surface area contributed by atoms with Crippen LogP contribution in [-0.4, -0.2) is 24.1 Å². The molecule has 3 nitrogen and oxygen atoms in total. The van der Waals surface area contributed by atoms with E-state index in [1.165, 1.54) is 6.08 Å². The quantitative estimate of drug-likeness (QED) is 0.436. The van der Waals surface area contributed by atoms with Crippen molar-refractivity contribution in [1.82, 2.24) is 0 Å². The molecule has 0 heterocycles. The number of ether oxygens (including phenoxy) is 1. The Bertz CT molecular complexity index is 365. The minimum Gasteiger partial charge on any atom is -0.392 e. The Labute approximate surface area is 108 Å². The van der Waals surface area contributed by atoms with Crippen molar-refractivity contribution in [2.45, 2.75) is 26.1 Å². The Morgan fingerprint density at radius 2 is 2.11 bits per heavy atom. The van der Waals surface area contributed by atoms with Crippen LogP contribution in [0.5, 0.6) is 0 Å². The zero-order valence-corrected chi connectivity index (χ0v) is 10.7. The molecule has 0 saturated carbocycles. The van der Waals surface area contributed by atoms with Crippen molar-refractivity contribution in [3.63, 3.8) is 0 Å². The summed E-state index contributed by atoms with van der Waals surface area (Å²) in [6.45, 7) is 6.15. The number of hydrogen-bond donors (Lipinski definition) is 1. The summed E-state index contributed by atoms with van der Waals surface area (Å²) in [7, 11) is 0. The van der Waals surface area contributed by atoms with E-state index in [1.54, 1.807) is 6.92 Å². The topological polar surface area (TPSA) is 46.5 Å². The molecule has 0 saturated heterocycles. The summed E-state index contributed by atoms with van der Waals surface area (Å²) in [5, 5.41) is 9.88. The average Bonchev–Trinajstić information content (AvgIpc) is 2.43. The highest BCUT2D eigenvalue weighted by Crippen LogP contribution is 2.22. The third-order valence-corrected chi connectivity index (χ3v) is 3.06. The van der Waals surface area contributed by atoms with Gasteiger partial charge in [-0.2, -0.15) is 0 Å². The summed E-state index contributed by atoms with van der Waals surface area (Å²) in [4.78, 5) is 10.9.